The molecule has 1 aromatic rings. The molecule has 7 nitrogen and oxygen atoms in total. The second kappa shape index (κ2) is 7.40. The molecule has 2 aliphatic rings. The Labute approximate surface area is 130 Å². The predicted molar refractivity (Wildman–Crippen MR) is 83.8 cm³/mol. The summed E-state index contributed by atoms with van der Waals surface area (Å²) in [5.74, 6) is 1.28. The summed E-state index contributed by atoms with van der Waals surface area (Å²) in [6.45, 7) is 2.30. The van der Waals surface area contributed by atoms with Gasteiger partial charge in [-0.3, -0.25) is 4.79 Å². The highest BCUT2D eigenvalue weighted by Crippen LogP contribution is 2.15. The number of hydrogen-bond donors (Lipinski definition) is 3. The van der Waals surface area contributed by atoms with Gasteiger partial charge in [0.15, 0.2) is 0 Å². The summed E-state index contributed by atoms with van der Waals surface area (Å²) in [5.41, 5.74) is 0. The second-order valence-corrected chi connectivity index (χ2v) is 5.81. The number of ether oxygens (including phenoxy) is 1. The van der Waals surface area contributed by atoms with Crippen molar-refractivity contribution in [3.05, 3.63) is 12.3 Å². The van der Waals surface area contributed by atoms with Crippen LogP contribution in [-0.4, -0.2) is 47.7 Å². The Hall–Kier alpha value is -1.89. The summed E-state index contributed by atoms with van der Waals surface area (Å²) in [6, 6.07) is 1.88. The number of anilines is 2. The van der Waals surface area contributed by atoms with E-state index in [1.807, 2.05) is 6.07 Å². The van der Waals surface area contributed by atoms with Gasteiger partial charge in [0.05, 0.1) is 12.6 Å². The number of nitrogens with one attached hydrogen (secondary N) is 3. The summed E-state index contributed by atoms with van der Waals surface area (Å²) < 4.78 is 5.46. The first-order chi connectivity index (χ1) is 10.8. The maximum Gasteiger partial charge on any atom is 0.242 e. The van der Waals surface area contributed by atoms with Crippen molar-refractivity contribution in [3.8, 4) is 0 Å². The molecule has 2 atom stereocenters. The SMILES string of the molecule is O=C1NCCCC[C@H]1Nc1nccc(N[C@H]2CCCOC2)n1. The molecule has 7 heteroatoms. The van der Waals surface area contributed by atoms with Crippen LogP contribution in [0, 0.1) is 0 Å². The van der Waals surface area contributed by atoms with Gasteiger partial charge in [0.1, 0.15) is 11.9 Å². The Balaban J connectivity index is 1.61. The number of aromatic nitrogens is 2. The van der Waals surface area contributed by atoms with Gasteiger partial charge in [0, 0.05) is 19.3 Å². The van der Waals surface area contributed by atoms with Gasteiger partial charge in [-0.2, -0.15) is 4.98 Å². The Morgan fingerprint density at radius 3 is 3.05 bits per heavy atom. The molecule has 0 aromatic carbocycles. The molecule has 0 aliphatic carbocycles. The highest BCUT2D eigenvalue weighted by molar-refractivity contribution is 5.84. The Morgan fingerprint density at radius 1 is 1.23 bits per heavy atom. The highest BCUT2D eigenvalue weighted by Gasteiger charge is 2.21. The molecule has 3 rings (SSSR count). The highest BCUT2D eigenvalue weighted by atomic mass is 16.5. The maximum absolute atomic E-state index is 12.0. The van der Waals surface area contributed by atoms with E-state index >= 15 is 0 Å². The molecule has 3 N–H and O–H groups in total. The van der Waals surface area contributed by atoms with E-state index in [9.17, 15) is 4.79 Å². The van der Waals surface area contributed by atoms with Gasteiger partial charge in [-0.1, -0.05) is 0 Å². The first-order valence-electron chi connectivity index (χ1n) is 8.03. The van der Waals surface area contributed by atoms with Crippen LogP contribution in [0.3, 0.4) is 0 Å². The Bertz CT molecular complexity index is 504. The fourth-order valence-corrected chi connectivity index (χ4v) is 2.81. The van der Waals surface area contributed by atoms with Crippen LogP contribution in [0.25, 0.3) is 0 Å². The minimum Gasteiger partial charge on any atom is -0.379 e. The van der Waals surface area contributed by atoms with Crippen molar-refractivity contribution in [2.45, 2.75) is 44.2 Å². The molecule has 1 amide bonds. The number of hydrogen-bond acceptors (Lipinski definition) is 6. The van der Waals surface area contributed by atoms with Crippen LogP contribution in [0.1, 0.15) is 32.1 Å². The monoisotopic (exact) mass is 305 g/mol. The van der Waals surface area contributed by atoms with E-state index < -0.39 is 0 Å². The van der Waals surface area contributed by atoms with Gasteiger partial charge >= 0.3 is 0 Å². The van der Waals surface area contributed by atoms with Crippen LogP contribution in [0.15, 0.2) is 12.3 Å². The van der Waals surface area contributed by atoms with Crippen molar-refractivity contribution >= 4 is 17.7 Å². The predicted octanol–water partition coefficient (Wildman–Crippen LogP) is 1.15. The fourth-order valence-electron chi connectivity index (χ4n) is 2.81. The third-order valence-corrected chi connectivity index (χ3v) is 4.01. The molecule has 1 aromatic heterocycles. The van der Waals surface area contributed by atoms with Gasteiger partial charge in [0.25, 0.3) is 0 Å². The van der Waals surface area contributed by atoms with Crippen LogP contribution < -0.4 is 16.0 Å². The third kappa shape index (κ3) is 4.07. The molecule has 22 heavy (non-hydrogen) atoms. The van der Waals surface area contributed by atoms with Crippen molar-refractivity contribution in [2.75, 3.05) is 30.4 Å². The zero-order valence-electron chi connectivity index (χ0n) is 12.7. The third-order valence-electron chi connectivity index (χ3n) is 4.01. The zero-order valence-corrected chi connectivity index (χ0v) is 12.7. The summed E-state index contributed by atoms with van der Waals surface area (Å²) >= 11 is 0. The van der Waals surface area contributed by atoms with Gasteiger partial charge in [-0.15, -0.1) is 0 Å². The summed E-state index contributed by atoms with van der Waals surface area (Å²) in [6.07, 6.45) is 6.70. The van der Waals surface area contributed by atoms with Crippen molar-refractivity contribution < 1.29 is 9.53 Å². The first kappa shape index (κ1) is 15.0. The summed E-state index contributed by atoms with van der Waals surface area (Å²) in [4.78, 5) is 20.6. The molecule has 0 radical (unpaired) electrons. The molecular weight excluding hydrogens is 282 g/mol. The van der Waals surface area contributed by atoms with Crippen LogP contribution in [0.2, 0.25) is 0 Å². The lowest BCUT2D eigenvalue weighted by atomic mass is 10.1. The first-order valence-corrected chi connectivity index (χ1v) is 8.03. The quantitative estimate of drug-likeness (QED) is 0.773. The van der Waals surface area contributed by atoms with Gasteiger partial charge in [-0.05, 0) is 38.2 Å². The molecular formula is C15H23N5O2. The summed E-state index contributed by atoms with van der Waals surface area (Å²) in [7, 11) is 0. The van der Waals surface area contributed by atoms with E-state index in [4.69, 9.17) is 4.74 Å². The molecule has 0 spiro atoms. The van der Waals surface area contributed by atoms with Crippen molar-refractivity contribution in [1.82, 2.24) is 15.3 Å². The largest absolute Gasteiger partial charge is 0.379 e. The second-order valence-electron chi connectivity index (χ2n) is 5.81. The standard InChI is InChI=1S/C15H23N5O2/c21-14-12(5-1-2-7-16-14)19-15-17-8-6-13(20-15)18-11-4-3-9-22-10-11/h6,8,11-12H,1-5,7,9-10H2,(H,16,21)(H2,17,18,19,20)/t11-,12+/m0/s1. The van der Waals surface area contributed by atoms with Crippen LogP contribution in [0.5, 0.6) is 0 Å². The van der Waals surface area contributed by atoms with Crippen LogP contribution in [-0.2, 0) is 9.53 Å². The van der Waals surface area contributed by atoms with Crippen molar-refractivity contribution in [2.24, 2.45) is 0 Å². The smallest absolute Gasteiger partial charge is 0.242 e. The minimum absolute atomic E-state index is 0.0279. The van der Waals surface area contributed by atoms with Gasteiger partial charge in [0.2, 0.25) is 11.9 Å². The lowest BCUT2D eigenvalue weighted by molar-refractivity contribution is -0.121. The molecule has 0 saturated carbocycles. The van der Waals surface area contributed by atoms with E-state index in [-0.39, 0.29) is 18.0 Å². The van der Waals surface area contributed by atoms with Crippen molar-refractivity contribution in [3.63, 3.8) is 0 Å². The Morgan fingerprint density at radius 2 is 2.18 bits per heavy atom. The van der Waals surface area contributed by atoms with Crippen LogP contribution in [0.4, 0.5) is 11.8 Å². The average Bonchev–Trinajstić information content (AvgIpc) is 2.74. The lowest BCUT2D eigenvalue weighted by Gasteiger charge is -2.23. The minimum atomic E-state index is -0.254. The van der Waals surface area contributed by atoms with E-state index in [1.165, 1.54) is 0 Å². The normalized spacial score (nSPS) is 25.9. The number of rotatable bonds is 4. The van der Waals surface area contributed by atoms with E-state index in [0.29, 0.717) is 12.6 Å². The van der Waals surface area contributed by atoms with Gasteiger partial charge in [-0.25, -0.2) is 4.98 Å². The summed E-state index contributed by atoms with van der Waals surface area (Å²) in [5, 5.41) is 9.41. The van der Waals surface area contributed by atoms with E-state index in [1.54, 1.807) is 6.20 Å². The molecule has 120 valence electrons. The lowest BCUT2D eigenvalue weighted by Crippen LogP contribution is -2.38. The molecule has 0 unspecified atom stereocenters. The number of carbonyl (C=O) groups is 1. The Kier molecular flexibility index (Phi) is 5.05. The van der Waals surface area contributed by atoms with Crippen LogP contribution >= 0.6 is 0 Å². The van der Waals surface area contributed by atoms with Crippen molar-refractivity contribution in [1.29, 1.82) is 0 Å². The molecule has 2 aliphatic heterocycles. The van der Waals surface area contributed by atoms with Gasteiger partial charge < -0.3 is 20.7 Å². The molecule has 3 heterocycles. The van der Waals surface area contributed by atoms with E-state index in [2.05, 4.69) is 25.9 Å². The number of nitrogens with zero attached hydrogens (tertiary/aromatic N) is 2. The topological polar surface area (TPSA) is 88.2 Å². The molecule has 0 bridgehead atoms. The fraction of sp³-hybridized carbons (Fsp3) is 0.667. The number of carbonyl (C=O) groups excluding carboxylic acids is 1. The van der Waals surface area contributed by atoms with E-state index in [0.717, 1.165) is 51.1 Å². The average molecular weight is 305 g/mol. The molecule has 2 saturated heterocycles. The molecule has 2 fully saturated rings. The maximum atomic E-state index is 12.0. The number of amides is 1. The zero-order chi connectivity index (χ0) is 15.2.